The van der Waals surface area contributed by atoms with Gasteiger partial charge in [0.25, 0.3) is 5.89 Å². The summed E-state index contributed by atoms with van der Waals surface area (Å²) in [7, 11) is 0. The van der Waals surface area contributed by atoms with E-state index in [1.165, 1.54) is 0 Å². The highest BCUT2D eigenvalue weighted by Crippen LogP contribution is 2.26. The zero-order chi connectivity index (χ0) is 13.3. The number of hydrogen-bond donors (Lipinski definition) is 1. The Hall–Kier alpha value is -1.84. The van der Waals surface area contributed by atoms with Gasteiger partial charge in [-0.15, -0.1) is 0 Å². The Bertz CT molecular complexity index is 552. The Labute approximate surface area is 107 Å². The lowest BCUT2D eigenvalue weighted by atomic mass is 9.92. The van der Waals surface area contributed by atoms with E-state index in [1.54, 1.807) is 0 Å². The third-order valence-corrected chi connectivity index (χ3v) is 2.76. The fourth-order valence-electron chi connectivity index (χ4n) is 1.79. The maximum Gasteiger partial charge on any atom is 0.258 e. The molecule has 0 aliphatic heterocycles. The van der Waals surface area contributed by atoms with Crippen molar-refractivity contribution in [3.05, 3.63) is 29.6 Å². The van der Waals surface area contributed by atoms with E-state index in [-0.39, 0.29) is 5.41 Å². The Morgan fingerprint density at radius 1 is 1.28 bits per heavy atom. The Morgan fingerprint density at radius 2 is 2.00 bits per heavy atom. The predicted molar refractivity (Wildman–Crippen MR) is 72.0 cm³/mol. The number of benzene rings is 1. The first kappa shape index (κ1) is 12.6. The van der Waals surface area contributed by atoms with Crippen LogP contribution in [0.2, 0.25) is 0 Å². The van der Waals surface area contributed by atoms with E-state index in [9.17, 15) is 0 Å². The first-order valence-electron chi connectivity index (χ1n) is 6.05. The number of nitrogen functional groups attached to an aromatic ring is 1. The van der Waals surface area contributed by atoms with Crippen molar-refractivity contribution >= 4 is 5.69 Å². The highest BCUT2D eigenvalue weighted by molar-refractivity contribution is 5.66. The molecule has 0 aliphatic carbocycles. The Balaban J connectivity index is 2.33. The van der Waals surface area contributed by atoms with Gasteiger partial charge in [0.15, 0.2) is 5.82 Å². The van der Waals surface area contributed by atoms with Gasteiger partial charge in [-0.25, -0.2) is 0 Å². The average molecular weight is 245 g/mol. The lowest BCUT2D eigenvalue weighted by molar-refractivity contribution is 0.374. The zero-order valence-corrected chi connectivity index (χ0v) is 11.3. The summed E-state index contributed by atoms with van der Waals surface area (Å²) in [5, 5.41) is 4.02. The quantitative estimate of drug-likeness (QED) is 0.825. The minimum atomic E-state index is 0.145. The Morgan fingerprint density at radius 3 is 2.67 bits per heavy atom. The van der Waals surface area contributed by atoms with E-state index in [1.807, 2.05) is 25.1 Å². The summed E-state index contributed by atoms with van der Waals surface area (Å²) < 4.78 is 5.32. The number of hydrogen-bond acceptors (Lipinski definition) is 4. The SMILES string of the molecule is Cc1c(N)cccc1-c1nc(CC(C)(C)C)no1. The summed E-state index contributed by atoms with van der Waals surface area (Å²) in [5.74, 6) is 1.28. The van der Waals surface area contributed by atoms with Crippen LogP contribution in [0.25, 0.3) is 11.5 Å². The molecule has 0 amide bonds. The molecule has 0 spiro atoms. The molecule has 1 aromatic heterocycles. The van der Waals surface area contributed by atoms with Crippen LogP contribution in [0.3, 0.4) is 0 Å². The van der Waals surface area contributed by atoms with Crippen molar-refractivity contribution in [1.82, 2.24) is 10.1 Å². The predicted octanol–water partition coefficient (Wildman–Crippen LogP) is 3.22. The van der Waals surface area contributed by atoms with Crippen LogP contribution in [0.1, 0.15) is 32.2 Å². The summed E-state index contributed by atoms with van der Waals surface area (Å²) in [4.78, 5) is 4.43. The summed E-state index contributed by atoms with van der Waals surface area (Å²) in [6.07, 6.45) is 0.790. The van der Waals surface area contributed by atoms with Crippen LogP contribution in [-0.2, 0) is 6.42 Å². The molecule has 18 heavy (non-hydrogen) atoms. The maximum absolute atomic E-state index is 5.88. The van der Waals surface area contributed by atoms with Gasteiger partial charge in [0, 0.05) is 17.7 Å². The molecule has 0 saturated carbocycles. The highest BCUT2D eigenvalue weighted by atomic mass is 16.5. The van der Waals surface area contributed by atoms with Crippen LogP contribution >= 0.6 is 0 Å². The van der Waals surface area contributed by atoms with E-state index in [0.29, 0.717) is 5.89 Å². The van der Waals surface area contributed by atoms with Gasteiger partial charge in [-0.3, -0.25) is 0 Å². The van der Waals surface area contributed by atoms with Crippen molar-refractivity contribution in [2.24, 2.45) is 5.41 Å². The lowest BCUT2D eigenvalue weighted by Crippen LogP contribution is -2.10. The number of nitrogens with two attached hydrogens (primary N) is 1. The molecule has 4 heteroatoms. The highest BCUT2D eigenvalue weighted by Gasteiger charge is 2.17. The van der Waals surface area contributed by atoms with E-state index >= 15 is 0 Å². The molecular formula is C14H19N3O. The molecule has 2 N–H and O–H groups in total. The van der Waals surface area contributed by atoms with Gasteiger partial charge in [0.1, 0.15) is 0 Å². The summed E-state index contributed by atoms with van der Waals surface area (Å²) in [6, 6.07) is 5.71. The molecule has 96 valence electrons. The number of aromatic nitrogens is 2. The molecular weight excluding hydrogens is 226 g/mol. The number of anilines is 1. The van der Waals surface area contributed by atoms with Gasteiger partial charge in [0.05, 0.1) is 0 Å². The second kappa shape index (κ2) is 4.44. The molecule has 0 radical (unpaired) electrons. The summed E-state index contributed by atoms with van der Waals surface area (Å²) >= 11 is 0. The van der Waals surface area contributed by atoms with Gasteiger partial charge >= 0.3 is 0 Å². The monoisotopic (exact) mass is 245 g/mol. The van der Waals surface area contributed by atoms with Gasteiger partial charge in [-0.2, -0.15) is 4.98 Å². The van der Waals surface area contributed by atoms with Crippen molar-refractivity contribution in [1.29, 1.82) is 0 Å². The molecule has 0 fully saturated rings. The standard InChI is InChI=1S/C14H19N3O/c1-9-10(6-5-7-11(9)15)13-16-12(17-18-13)8-14(2,3)4/h5-7H,8,15H2,1-4H3. The third-order valence-electron chi connectivity index (χ3n) is 2.76. The average Bonchev–Trinajstić information content (AvgIpc) is 2.68. The van der Waals surface area contributed by atoms with E-state index < -0.39 is 0 Å². The van der Waals surface area contributed by atoms with Crippen molar-refractivity contribution < 1.29 is 4.52 Å². The molecule has 2 rings (SSSR count). The number of nitrogens with zero attached hydrogens (tertiary/aromatic N) is 2. The summed E-state index contributed by atoms with van der Waals surface area (Å²) in [5.41, 5.74) is 8.64. The van der Waals surface area contributed by atoms with Crippen LogP contribution in [0.4, 0.5) is 5.69 Å². The summed E-state index contributed by atoms with van der Waals surface area (Å²) in [6.45, 7) is 8.40. The van der Waals surface area contributed by atoms with E-state index in [0.717, 1.165) is 29.1 Å². The fourth-order valence-corrected chi connectivity index (χ4v) is 1.79. The van der Waals surface area contributed by atoms with Gasteiger partial charge in [-0.1, -0.05) is 32.0 Å². The maximum atomic E-state index is 5.88. The molecule has 0 unspecified atom stereocenters. The van der Waals surface area contributed by atoms with Crippen LogP contribution in [0.15, 0.2) is 22.7 Å². The van der Waals surface area contributed by atoms with E-state index in [4.69, 9.17) is 10.3 Å². The van der Waals surface area contributed by atoms with Crippen LogP contribution < -0.4 is 5.73 Å². The second-order valence-corrected chi connectivity index (χ2v) is 5.77. The van der Waals surface area contributed by atoms with E-state index in [2.05, 4.69) is 30.9 Å². The third kappa shape index (κ3) is 2.70. The van der Waals surface area contributed by atoms with Crippen LogP contribution in [0.5, 0.6) is 0 Å². The minimum absolute atomic E-state index is 0.145. The van der Waals surface area contributed by atoms with Crippen molar-refractivity contribution in [2.45, 2.75) is 34.1 Å². The molecule has 4 nitrogen and oxygen atoms in total. The minimum Gasteiger partial charge on any atom is -0.398 e. The molecule has 0 atom stereocenters. The van der Waals surface area contributed by atoms with Gasteiger partial charge < -0.3 is 10.3 Å². The largest absolute Gasteiger partial charge is 0.398 e. The van der Waals surface area contributed by atoms with Crippen molar-refractivity contribution in [2.75, 3.05) is 5.73 Å². The van der Waals surface area contributed by atoms with Crippen molar-refractivity contribution in [3.8, 4) is 11.5 Å². The normalized spacial score (nSPS) is 11.8. The second-order valence-electron chi connectivity index (χ2n) is 5.77. The molecule has 0 bridgehead atoms. The van der Waals surface area contributed by atoms with Crippen LogP contribution in [0, 0.1) is 12.3 Å². The fraction of sp³-hybridized carbons (Fsp3) is 0.429. The first-order chi connectivity index (χ1) is 8.37. The zero-order valence-electron chi connectivity index (χ0n) is 11.3. The van der Waals surface area contributed by atoms with Crippen LogP contribution in [-0.4, -0.2) is 10.1 Å². The smallest absolute Gasteiger partial charge is 0.258 e. The first-order valence-corrected chi connectivity index (χ1v) is 6.05. The number of rotatable bonds is 2. The molecule has 1 heterocycles. The molecule has 0 aliphatic rings. The molecule has 2 aromatic rings. The van der Waals surface area contributed by atoms with Crippen molar-refractivity contribution in [3.63, 3.8) is 0 Å². The Kier molecular flexibility index (Phi) is 3.11. The topological polar surface area (TPSA) is 64.9 Å². The van der Waals surface area contributed by atoms with Gasteiger partial charge in [0.2, 0.25) is 0 Å². The van der Waals surface area contributed by atoms with Gasteiger partial charge in [-0.05, 0) is 30.0 Å². The molecule has 1 aromatic carbocycles. The lowest BCUT2D eigenvalue weighted by Gasteiger charge is -2.14. The molecule has 0 saturated heterocycles.